The number of hydrogen-bond donors (Lipinski definition) is 1. The highest BCUT2D eigenvalue weighted by Gasteiger charge is 2.31. The van der Waals surface area contributed by atoms with E-state index in [1.54, 1.807) is 4.90 Å². The maximum absolute atomic E-state index is 12.6. The fourth-order valence-electron chi connectivity index (χ4n) is 3.13. The second-order valence-electron chi connectivity index (χ2n) is 6.23. The first-order chi connectivity index (χ1) is 9.35. The van der Waals surface area contributed by atoms with E-state index >= 15 is 0 Å². The van der Waals surface area contributed by atoms with Gasteiger partial charge in [0, 0.05) is 13.1 Å². The molecule has 21 heavy (non-hydrogen) atoms. The second-order valence-corrected chi connectivity index (χ2v) is 6.23. The summed E-state index contributed by atoms with van der Waals surface area (Å²) in [6.07, 6.45) is 2.00. The molecule has 0 aromatic heterocycles. The Morgan fingerprint density at radius 2 is 1.81 bits per heavy atom. The molecule has 0 radical (unpaired) electrons. The van der Waals surface area contributed by atoms with Crippen LogP contribution in [0.5, 0.6) is 0 Å². The molecule has 1 aliphatic heterocycles. The van der Waals surface area contributed by atoms with Crippen LogP contribution in [0.3, 0.4) is 0 Å². The van der Waals surface area contributed by atoms with Crippen molar-refractivity contribution in [2.24, 2.45) is 11.8 Å². The smallest absolute Gasteiger partial charge is 0.317 e. The molecular formula is C15H29ClN2O3. The predicted molar refractivity (Wildman–Crippen MR) is 85.7 cm³/mol. The fraction of sp³-hybridized carbons (Fsp3) is 0.867. The maximum atomic E-state index is 12.6. The van der Waals surface area contributed by atoms with E-state index in [0.29, 0.717) is 18.4 Å². The van der Waals surface area contributed by atoms with E-state index in [4.69, 9.17) is 5.11 Å². The molecule has 1 amide bonds. The Morgan fingerprint density at radius 3 is 2.24 bits per heavy atom. The molecule has 0 spiro atoms. The molecule has 0 saturated carbocycles. The number of aliphatic carboxylic acids is 1. The van der Waals surface area contributed by atoms with Gasteiger partial charge in [-0.3, -0.25) is 14.5 Å². The Hall–Kier alpha value is -0.810. The Bertz CT molecular complexity index is 342. The number of carboxylic acids is 1. The van der Waals surface area contributed by atoms with E-state index in [9.17, 15) is 9.59 Å². The second kappa shape index (κ2) is 9.26. The van der Waals surface area contributed by atoms with Gasteiger partial charge in [-0.25, -0.2) is 0 Å². The van der Waals surface area contributed by atoms with Gasteiger partial charge in [0.25, 0.3) is 0 Å². The number of likely N-dealkylation sites (tertiary alicyclic amines) is 1. The van der Waals surface area contributed by atoms with Crippen LogP contribution < -0.4 is 0 Å². The van der Waals surface area contributed by atoms with Crippen molar-refractivity contribution in [1.29, 1.82) is 0 Å². The van der Waals surface area contributed by atoms with Crippen LogP contribution in [0.1, 0.15) is 40.5 Å². The van der Waals surface area contributed by atoms with Crippen molar-refractivity contribution < 1.29 is 14.7 Å². The van der Waals surface area contributed by atoms with Gasteiger partial charge < -0.3 is 10.0 Å². The summed E-state index contributed by atoms with van der Waals surface area (Å²) in [5.74, 6) is 0.236. The monoisotopic (exact) mass is 320 g/mol. The van der Waals surface area contributed by atoms with E-state index in [2.05, 4.69) is 13.8 Å². The number of halogens is 1. The highest BCUT2D eigenvalue weighted by Crippen LogP contribution is 2.22. The largest absolute Gasteiger partial charge is 0.480 e. The molecular weight excluding hydrogens is 292 g/mol. The first kappa shape index (κ1) is 20.2. The average molecular weight is 321 g/mol. The van der Waals surface area contributed by atoms with Crippen LogP contribution in [0.2, 0.25) is 0 Å². The Labute approximate surface area is 134 Å². The van der Waals surface area contributed by atoms with Crippen LogP contribution in [0.25, 0.3) is 0 Å². The zero-order chi connectivity index (χ0) is 15.3. The number of carbonyl (C=O) groups excluding carboxylic acids is 1. The molecule has 1 heterocycles. The summed E-state index contributed by atoms with van der Waals surface area (Å²) < 4.78 is 0. The number of amides is 1. The first-order valence-corrected chi connectivity index (χ1v) is 7.59. The quantitative estimate of drug-likeness (QED) is 0.814. The molecule has 5 nitrogen and oxygen atoms in total. The number of carboxylic acid groups (broad SMARTS) is 1. The van der Waals surface area contributed by atoms with Crippen LogP contribution in [0.4, 0.5) is 0 Å². The number of nitrogens with zero attached hydrogens (tertiary/aromatic N) is 2. The minimum atomic E-state index is -0.876. The van der Waals surface area contributed by atoms with Gasteiger partial charge in [0.15, 0.2) is 0 Å². The predicted octanol–water partition coefficient (Wildman–Crippen LogP) is 2.10. The molecule has 124 valence electrons. The van der Waals surface area contributed by atoms with Gasteiger partial charge in [-0.2, -0.15) is 0 Å². The molecule has 0 aromatic carbocycles. The van der Waals surface area contributed by atoms with Crippen molar-refractivity contribution in [1.82, 2.24) is 9.80 Å². The topological polar surface area (TPSA) is 60.9 Å². The van der Waals surface area contributed by atoms with Crippen molar-refractivity contribution in [2.75, 3.05) is 26.2 Å². The summed E-state index contributed by atoms with van der Waals surface area (Å²) in [6.45, 7) is 10.3. The average Bonchev–Trinajstić information content (AvgIpc) is 2.34. The molecule has 3 unspecified atom stereocenters. The molecule has 1 fully saturated rings. The first-order valence-electron chi connectivity index (χ1n) is 7.59. The van der Waals surface area contributed by atoms with Gasteiger partial charge in [0.1, 0.15) is 0 Å². The third kappa shape index (κ3) is 6.22. The normalized spacial score (nSPS) is 23.6. The number of hydrogen-bond acceptors (Lipinski definition) is 3. The van der Waals surface area contributed by atoms with Crippen molar-refractivity contribution >= 4 is 24.3 Å². The fourth-order valence-corrected chi connectivity index (χ4v) is 3.13. The molecule has 1 rings (SSSR count). The minimum Gasteiger partial charge on any atom is -0.480 e. The van der Waals surface area contributed by atoms with Crippen LogP contribution in [-0.4, -0.2) is 59.0 Å². The standard InChI is InChI=1S/C15H28N2O3.ClH/c1-5-6-16(10-14(18)19)13(4)15(20)17-8-11(2)7-12(3)9-17;/h11-13H,5-10H2,1-4H3,(H,18,19);1H. The van der Waals surface area contributed by atoms with Gasteiger partial charge >= 0.3 is 5.97 Å². The molecule has 0 aromatic rings. The summed E-state index contributed by atoms with van der Waals surface area (Å²) in [7, 11) is 0. The number of rotatable bonds is 6. The summed E-state index contributed by atoms with van der Waals surface area (Å²) in [6, 6.07) is -0.358. The Morgan fingerprint density at radius 1 is 1.29 bits per heavy atom. The third-order valence-corrected chi connectivity index (χ3v) is 3.93. The van der Waals surface area contributed by atoms with Crippen molar-refractivity contribution in [3.05, 3.63) is 0 Å². The van der Waals surface area contributed by atoms with Gasteiger partial charge in [-0.1, -0.05) is 20.8 Å². The lowest BCUT2D eigenvalue weighted by Crippen LogP contribution is -2.52. The van der Waals surface area contributed by atoms with E-state index in [1.165, 1.54) is 0 Å². The zero-order valence-corrected chi connectivity index (χ0v) is 14.4. The lowest BCUT2D eigenvalue weighted by atomic mass is 9.91. The summed E-state index contributed by atoms with van der Waals surface area (Å²) in [4.78, 5) is 27.2. The molecule has 0 bridgehead atoms. The van der Waals surface area contributed by atoms with Crippen LogP contribution in [-0.2, 0) is 9.59 Å². The SMILES string of the molecule is CCCN(CC(=O)O)C(C)C(=O)N1CC(C)CC(C)C1.Cl. The van der Waals surface area contributed by atoms with Gasteiger partial charge in [0.2, 0.25) is 5.91 Å². The van der Waals surface area contributed by atoms with Crippen molar-refractivity contribution in [3.63, 3.8) is 0 Å². The summed E-state index contributed by atoms with van der Waals surface area (Å²) in [5.41, 5.74) is 0. The highest BCUT2D eigenvalue weighted by atomic mass is 35.5. The Balaban J connectivity index is 0.00000400. The molecule has 1 N–H and O–H groups in total. The lowest BCUT2D eigenvalue weighted by molar-refractivity contribution is -0.143. The maximum Gasteiger partial charge on any atom is 0.317 e. The van der Waals surface area contributed by atoms with E-state index in [-0.39, 0.29) is 30.9 Å². The third-order valence-electron chi connectivity index (χ3n) is 3.93. The van der Waals surface area contributed by atoms with E-state index in [0.717, 1.165) is 25.9 Å². The summed E-state index contributed by atoms with van der Waals surface area (Å²) in [5, 5.41) is 8.97. The Kier molecular flexibility index (Phi) is 8.90. The van der Waals surface area contributed by atoms with Crippen LogP contribution in [0, 0.1) is 11.8 Å². The molecule has 3 atom stereocenters. The van der Waals surface area contributed by atoms with Gasteiger partial charge in [-0.15, -0.1) is 12.4 Å². The van der Waals surface area contributed by atoms with Crippen molar-refractivity contribution in [3.8, 4) is 0 Å². The van der Waals surface area contributed by atoms with E-state index in [1.807, 2.05) is 18.7 Å². The molecule has 1 aliphatic rings. The highest BCUT2D eigenvalue weighted by molar-refractivity contribution is 5.85. The molecule has 1 saturated heterocycles. The van der Waals surface area contributed by atoms with Crippen LogP contribution in [0.15, 0.2) is 0 Å². The van der Waals surface area contributed by atoms with E-state index < -0.39 is 5.97 Å². The molecule has 6 heteroatoms. The molecule has 0 aliphatic carbocycles. The van der Waals surface area contributed by atoms with Gasteiger partial charge in [-0.05, 0) is 38.1 Å². The van der Waals surface area contributed by atoms with Crippen LogP contribution >= 0.6 is 12.4 Å². The zero-order valence-electron chi connectivity index (χ0n) is 13.5. The minimum absolute atomic E-state index is 0. The number of carbonyl (C=O) groups is 2. The number of piperidine rings is 1. The summed E-state index contributed by atoms with van der Waals surface area (Å²) >= 11 is 0. The van der Waals surface area contributed by atoms with Gasteiger partial charge in [0.05, 0.1) is 12.6 Å². The van der Waals surface area contributed by atoms with Crippen molar-refractivity contribution in [2.45, 2.75) is 46.6 Å². The lowest BCUT2D eigenvalue weighted by Gasteiger charge is -2.38.